The first-order valence-corrected chi connectivity index (χ1v) is 7.04. The van der Waals surface area contributed by atoms with Gasteiger partial charge in [0, 0.05) is 11.7 Å². The van der Waals surface area contributed by atoms with Gasteiger partial charge in [-0.3, -0.25) is 0 Å². The number of esters is 1. The van der Waals surface area contributed by atoms with Crippen LogP contribution < -0.4 is 5.32 Å². The Morgan fingerprint density at radius 1 is 1.37 bits per heavy atom. The number of carbonyl (C=O) groups is 1. The van der Waals surface area contributed by atoms with E-state index in [4.69, 9.17) is 4.74 Å². The highest BCUT2D eigenvalue weighted by atomic mass is 32.1. The predicted octanol–water partition coefficient (Wildman–Crippen LogP) is 4.02. The van der Waals surface area contributed by atoms with Crippen molar-refractivity contribution in [1.82, 2.24) is 0 Å². The number of hydrogen-bond donors (Lipinski definition) is 1. The van der Waals surface area contributed by atoms with E-state index in [1.165, 1.54) is 12.7 Å². The molecule has 0 spiro atoms. The Morgan fingerprint density at radius 3 is 2.79 bits per heavy atom. The van der Waals surface area contributed by atoms with Crippen LogP contribution in [-0.4, -0.2) is 13.1 Å². The van der Waals surface area contributed by atoms with Crippen molar-refractivity contribution in [3.8, 4) is 0 Å². The zero-order chi connectivity index (χ0) is 13.8. The Hall–Kier alpha value is -1.81. The highest BCUT2D eigenvalue weighted by Gasteiger charge is 2.13. The fourth-order valence-electron chi connectivity index (χ4n) is 1.96. The molecule has 2 aromatic rings. The summed E-state index contributed by atoms with van der Waals surface area (Å²) in [4.78, 5) is 11.7. The van der Waals surface area contributed by atoms with Gasteiger partial charge in [-0.15, -0.1) is 0 Å². The Morgan fingerprint density at radius 2 is 2.16 bits per heavy atom. The molecule has 0 bridgehead atoms. The summed E-state index contributed by atoms with van der Waals surface area (Å²) in [6, 6.07) is 7.92. The van der Waals surface area contributed by atoms with Crippen LogP contribution in [0.3, 0.4) is 0 Å². The smallest absolute Gasteiger partial charge is 0.338 e. The first kappa shape index (κ1) is 13.6. The van der Waals surface area contributed by atoms with Crippen LogP contribution >= 0.6 is 11.3 Å². The molecular weight excluding hydrogens is 258 g/mol. The topological polar surface area (TPSA) is 38.3 Å². The molecule has 1 atom stereocenters. The lowest BCUT2D eigenvalue weighted by Crippen LogP contribution is -2.10. The lowest BCUT2D eigenvalue weighted by molar-refractivity contribution is 0.0600. The third-order valence-electron chi connectivity index (χ3n) is 3.15. The van der Waals surface area contributed by atoms with Gasteiger partial charge >= 0.3 is 5.97 Å². The maximum atomic E-state index is 11.7. The number of rotatable bonds is 4. The van der Waals surface area contributed by atoms with Gasteiger partial charge in [-0.05, 0) is 53.9 Å². The van der Waals surface area contributed by atoms with Crippen molar-refractivity contribution in [2.45, 2.75) is 19.9 Å². The van der Waals surface area contributed by atoms with Crippen LogP contribution in [0.5, 0.6) is 0 Å². The van der Waals surface area contributed by atoms with Gasteiger partial charge in [-0.25, -0.2) is 4.79 Å². The average molecular weight is 275 g/mol. The maximum absolute atomic E-state index is 11.7. The zero-order valence-electron chi connectivity index (χ0n) is 11.3. The molecule has 0 aliphatic rings. The normalized spacial score (nSPS) is 11.9. The summed E-state index contributed by atoms with van der Waals surface area (Å²) < 4.78 is 4.78. The molecule has 2 rings (SSSR count). The van der Waals surface area contributed by atoms with E-state index < -0.39 is 0 Å². The lowest BCUT2D eigenvalue weighted by Gasteiger charge is -2.17. The third-order valence-corrected chi connectivity index (χ3v) is 3.86. The van der Waals surface area contributed by atoms with E-state index in [9.17, 15) is 4.79 Å². The molecule has 4 heteroatoms. The summed E-state index contributed by atoms with van der Waals surface area (Å²) in [6.45, 7) is 4.03. The third kappa shape index (κ3) is 2.96. The van der Waals surface area contributed by atoms with Crippen molar-refractivity contribution < 1.29 is 9.53 Å². The summed E-state index contributed by atoms with van der Waals surface area (Å²) in [7, 11) is 1.40. The second-order valence-corrected chi connectivity index (χ2v) is 5.17. The van der Waals surface area contributed by atoms with Crippen molar-refractivity contribution in [3.63, 3.8) is 0 Å². The van der Waals surface area contributed by atoms with Crippen molar-refractivity contribution >= 4 is 23.0 Å². The molecule has 19 heavy (non-hydrogen) atoms. The highest BCUT2D eigenvalue weighted by molar-refractivity contribution is 7.07. The molecule has 100 valence electrons. The second kappa shape index (κ2) is 5.89. The fourth-order valence-corrected chi connectivity index (χ4v) is 2.72. The van der Waals surface area contributed by atoms with Gasteiger partial charge in [0.05, 0.1) is 12.7 Å². The Kier molecular flexibility index (Phi) is 4.22. The number of carbonyl (C=O) groups excluding carboxylic acids is 1. The minimum Gasteiger partial charge on any atom is -0.465 e. The van der Waals surface area contributed by atoms with E-state index in [2.05, 4.69) is 29.1 Å². The number of anilines is 1. The monoisotopic (exact) mass is 275 g/mol. The summed E-state index contributed by atoms with van der Waals surface area (Å²) >= 11 is 1.68. The summed E-state index contributed by atoms with van der Waals surface area (Å²) in [5.41, 5.74) is 3.72. The molecule has 0 aliphatic carbocycles. The van der Waals surface area contributed by atoms with Crippen molar-refractivity contribution in [2.24, 2.45) is 0 Å². The van der Waals surface area contributed by atoms with Crippen LogP contribution in [-0.2, 0) is 4.74 Å². The minimum absolute atomic E-state index is 0.206. The lowest BCUT2D eigenvalue weighted by atomic mass is 10.1. The fraction of sp³-hybridized carbons (Fsp3) is 0.267. The predicted molar refractivity (Wildman–Crippen MR) is 78.9 cm³/mol. The Labute approximate surface area is 117 Å². The summed E-state index contributed by atoms with van der Waals surface area (Å²) in [5, 5.41) is 7.61. The van der Waals surface area contributed by atoms with Crippen LogP contribution in [0.15, 0.2) is 35.0 Å². The van der Waals surface area contributed by atoms with Gasteiger partial charge in [0.25, 0.3) is 0 Å². The molecule has 0 radical (unpaired) electrons. The van der Waals surface area contributed by atoms with Gasteiger partial charge < -0.3 is 10.1 Å². The van der Waals surface area contributed by atoms with Crippen LogP contribution in [0.25, 0.3) is 0 Å². The first-order chi connectivity index (χ1) is 9.13. The number of methoxy groups -OCH3 is 1. The SMILES string of the molecule is COC(=O)c1cccc(NC(C)c2ccsc2)c1C. The molecule has 0 saturated heterocycles. The molecule has 1 heterocycles. The number of thiophene rings is 1. The molecule has 1 aromatic heterocycles. The van der Waals surface area contributed by atoms with E-state index in [0.717, 1.165) is 11.3 Å². The van der Waals surface area contributed by atoms with Gasteiger partial charge in [-0.1, -0.05) is 6.07 Å². The molecule has 1 aromatic carbocycles. The number of benzene rings is 1. The van der Waals surface area contributed by atoms with Crippen LogP contribution in [0, 0.1) is 6.92 Å². The van der Waals surface area contributed by atoms with E-state index >= 15 is 0 Å². The van der Waals surface area contributed by atoms with Gasteiger partial charge in [0.15, 0.2) is 0 Å². The molecule has 0 saturated carbocycles. The average Bonchev–Trinajstić information content (AvgIpc) is 2.94. The highest BCUT2D eigenvalue weighted by Crippen LogP contribution is 2.25. The van der Waals surface area contributed by atoms with Gasteiger partial charge in [-0.2, -0.15) is 11.3 Å². The molecule has 0 aliphatic heterocycles. The van der Waals surface area contributed by atoms with Crippen LogP contribution in [0.2, 0.25) is 0 Å². The van der Waals surface area contributed by atoms with Crippen LogP contribution in [0.1, 0.15) is 34.5 Å². The minimum atomic E-state index is -0.302. The second-order valence-electron chi connectivity index (χ2n) is 4.39. The van der Waals surface area contributed by atoms with Crippen molar-refractivity contribution in [1.29, 1.82) is 0 Å². The quantitative estimate of drug-likeness (QED) is 0.857. The Bertz CT molecular complexity index is 564. The summed E-state index contributed by atoms with van der Waals surface area (Å²) in [6.07, 6.45) is 0. The van der Waals surface area contributed by atoms with Crippen molar-refractivity contribution in [3.05, 3.63) is 51.7 Å². The van der Waals surface area contributed by atoms with Gasteiger partial charge in [0.1, 0.15) is 0 Å². The number of ether oxygens (including phenoxy) is 1. The van der Waals surface area contributed by atoms with E-state index in [1.807, 2.05) is 19.1 Å². The standard InChI is InChI=1S/C15H17NO2S/c1-10-13(15(17)18-3)5-4-6-14(10)16-11(2)12-7-8-19-9-12/h4-9,11,16H,1-3H3. The maximum Gasteiger partial charge on any atom is 0.338 e. The molecule has 3 nitrogen and oxygen atoms in total. The number of hydrogen-bond acceptors (Lipinski definition) is 4. The van der Waals surface area contributed by atoms with E-state index in [-0.39, 0.29) is 12.0 Å². The molecule has 1 unspecified atom stereocenters. The van der Waals surface area contributed by atoms with Gasteiger partial charge in [0.2, 0.25) is 0 Å². The Balaban J connectivity index is 2.24. The van der Waals surface area contributed by atoms with Crippen LogP contribution in [0.4, 0.5) is 5.69 Å². The molecule has 0 fully saturated rings. The van der Waals surface area contributed by atoms with Crippen molar-refractivity contribution in [2.75, 3.05) is 12.4 Å². The summed E-state index contributed by atoms with van der Waals surface area (Å²) in [5.74, 6) is -0.302. The molecule has 1 N–H and O–H groups in total. The van der Waals surface area contributed by atoms with E-state index in [1.54, 1.807) is 17.4 Å². The first-order valence-electron chi connectivity index (χ1n) is 6.10. The molecule has 0 amide bonds. The van der Waals surface area contributed by atoms with E-state index in [0.29, 0.717) is 5.56 Å². The largest absolute Gasteiger partial charge is 0.465 e. The zero-order valence-corrected chi connectivity index (χ0v) is 12.1. The molecular formula is C15H17NO2S. The number of nitrogens with one attached hydrogen (secondary N) is 1.